The second-order valence-electron chi connectivity index (χ2n) is 8.87. The molecule has 0 aliphatic heterocycles. The van der Waals surface area contributed by atoms with Crippen molar-refractivity contribution in [1.29, 1.82) is 0 Å². The van der Waals surface area contributed by atoms with Gasteiger partial charge in [-0.25, -0.2) is 23.1 Å². The highest BCUT2D eigenvalue weighted by molar-refractivity contribution is 7.92. The molecule has 0 saturated carbocycles. The van der Waals surface area contributed by atoms with Gasteiger partial charge in [-0.05, 0) is 73.2 Å². The molecule has 40 heavy (non-hydrogen) atoms. The number of aryl methyl sites for hydroxylation is 2. The van der Waals surface area contributed by atoms with Gasteiger partial charge in [0, 0.05) is 22.6 Å². The van der Waals surface area contributed by atoms with E-state index in [0.29, 0.717) is 22.6 Å². The monoisotopic (exact) mass is 556 g/mol. The number of rotatable bonds is 7. The predicted octanol–water partition coefficient (Wildman–Crippen LogP) is 3.33. The second-order valence-corrected chi connectivity index (χ2v) is 10.5. The Morgan fingerprint density at radius 1 is 0.925 bits per heavy atom. The molecule has 0 atom stereocenters. The molecule has 5 aromatic rings. The van der Waals surface area contributed by atoms with Crippen molar-refractivity contribution in [2.75, 3.05) is 15.9 Å². The number of phenolic OH excluding ortho intramolecular Hbond substituents is 1. The van der Waals surface area contributed by atoms with E-state index in [2.05, 4.69) is 30.2 Å². The minimum atomic E-state index is -3.94. The first-order valence-electron chi connectivity index (χ1n) is 12.0. The first kappa shape index (κ1) is 26.3. The van der Waals surface area contributed by atoms with Crippen LogP contribution in [0.2, 0.25) is 0 Å². The summed E-state index contributed by atoms with van der Waals surface area (Å²) in [6.07, 6.45) is 3.00. The maximum absolute atomic E-state index is 12.8. The Hall–Kier alpha value is -5.30. The third-order valence-electron chi connectivity index (χ3n) is 5.90. The lowest BCUT2D eigenvalue weighted by Crippen LogP contribution is -2.32. The number of fused-ring (bicyclic) bond motifs is 1. The third-order valence-corrected chi connectivity index (χ3v) is 7.25. The highest BCUT2D eigenvalue weighted by Gasteiger charge is 2.17. The molecule has 3 aromatic carbocycles. The number of hydrogen-bond acceptors (Lipinski definition) is 10. The van der Waals surface area contributed by atoms with E-state index >= 15 is 0 Å². The van der Waals surface area contributed by atoms with Gasteiger partial charge in [-0.2, -0.15) is 4.68 Å². The van der Waals surface area contributed by atoms with Crippen molar-refractivity contribution >= 4 is 50.5 Å². The van der Waals surface area contributed by atoms with Gasteiger partial charge < -0.3 is 16.3 Å². The van der Waals surface area contributed by atoms with Crippen LogP contribution in [0.4, 0.5) is 17.6 Å². The molecular weight excluding hydrogens is 532 g/mol. The molecule has 2 heterocycles. The van der Waals surface area contributed by atoms with E-state index < -0.39 is 15.6 Å². The van der Waals surface area contributed by atoms with Crippen molar-refractivity contribution in [2.24, 2.45) is 0 Å². The molecule has 0 fully saturated rings. The van der Waals surface area contributed by atoms with Gasteiger partial charge >= 0.3 is 0 Å². The fraction of sp³-hybridized carbons (Fsp3) is 0.0741. The summed E-state index contributed by atoms with van der Waals surface area (Å²) in [5, 5.41) is 22.9. The van der Waals surface area contributed by atoms with E-state index in [9.17, 15) is 18.3 Å². The molecule has 0 amide bonds. The smallest absolute Gasteiger partial charge is 0.299 e. The normalized spacial score (nSPS) is 11.7. The molecule has 0 bridgehead atoms. The number of benzene rings is 3. The van der Waals surface area contributed by atoms with Crippen LogP contribution in [0.25, 0.3) is 22.9 Å². The van der Waals surface area contributed by atoms with Gasteiger partial charge in [-0.3, -0.25) is 4.79 Å². The van der Waals surface area contributed by atoms with E-state index in [1.54, 1.807) is 38.1 Å². The summed E-state index contributed by atoms with van der Waals surface area (Å²) in [7, 11) is -3.94. The summed E-state index contributed by atoms with van der Waals surface area (Å²) in [6.45, 7) is 3.48. The first-order chi connectivity index (χ1) is 19.1. The van der Waals surface area contributed by atoms with Crippen LogP contribution in [0, 0.1) is 13.8 Å². The molecule has 12 nitrogen and oxygen atoms in total. The topological polar surface area (TPSA) is 178 Å². The molecule has 0 radical (unpaired) electrons. The summed E-state index contributed by atoms with van der Waals surface area (Å²) in [5.74, 6) is 5.93. The molecule has 202 valence electrons. The van der Waals surface area contributed by atoms with E-state index in [0.717, 1.165) is 15.4 Å². The molecule has 0 aliphatic carbocycles. The van der Waals surface area contributed by atoms with Crippen LogP contribution in [0.3, 0.4) is 0 Å². The zero-order valence-electron chi connectivity index (χ0n) is 21.4. The van der Waals surface area contributed by atoms with Crippen molar-refractivity contribution < 1.29 is 13.5 Å². The molecule has 5 rings (SSSR count). The summed E-state index contributed by atoms with van der Waals surface area (Å²) in [5.41, 5.74) is 1.53. The summed E-state index contributed by atoms with van der Waals surface area (Å²) in [4.78, 5) is 21.0. The Labute approximate surface area is 228 Å². The zero-order valence-corrected chi connectivity index (χ0v) is 22.2. The molecule has 2 aromatic heterocycles. The number of aromatic hydroxyl groups is 1. The van der Waals surface area contributed by atoms with E-state index in [-0.39, 0.29) is 28.2 Å². The average molecular weight is 557 g/mol. The number of nitrogens with two attached hydrogens (primary N) is 1. The quantitative estimate of drug-likeness (QED) is 0.217. The van der Waals surface area contributed by atoms with Gasteiger partial charge in [0.15, 0.2) is 5.69 Å². The van der Waals surface area contributed by atoms with Crippen molar-refractivity contribution in [3.8, 4) is 5.75 Å². The standard InChI is InChI=1S/C27H24N8O4S/c1-16-15-17(2)30-26(29-16)34-40(38,39)20-10-8-19(9-11-20)31-27-33-32-23(25(37)35(27)28)13-12-22-21-6-4-3-5-18(21)7-14-24(22)36/h3-15,36H,28H2,1-2H3,(H,31,33)(H,29,30,34)/b13-12+. The first-order valence-corrected chi connectivity index (χ1v) is 13.4. The minimum Gasteiger partial charge on any atom is -0.507 e. The maximum atomic E-state index is 12.8. The lowest BCUT2D eigenvalue weighted by atomic mass is 10.0. The summed E-state index contributed by atoms with van der Waals surface area (Å²) < 4.78 is 28.7. The summed E-state index contributed by atoms with van der Waals surface area (Å²) >= 11 is 0. The predicted molar refractivity (Wildman–Crippen MR) is 153 cm³/mol. The Balaban J connectivity index is 1.34. The van der Waals surface area contributed by atoms with Crippen LogP contribution in [0.15, 0.2) is 76.4 Å². The molecule has 0 spiro atoms. The minimum absolute atomic E-state index is 0.0193. The Kier molecular flexibility index (Phi) is 6.88. The number of nitrogen functional groups attached to an aromatic ring is 1. The zero-order chi connectivity index (χ0) is 28.4. The highest BCUT2D eigenvalue weighted by Crippen LogP contribution is 2.28. The van der Waals surface area contributed by atoms with Crippen molar-refractivity contribution in [3.05, 3.63) is 99.7 Å². The fourth-order valence-corrected chi connectivity index (χ4v) is 4.96. The van der Waals surface area contributed by atoms with Gasteiger partial charge in [-0.1, -0.05) is 30.3 Å². The Bertz CT molecular complexity index is 1920. The number of nitrogens with zero attached hydrogens (tertiary/aromatic N) is 5. The molecule has 0 saturated heterocycles. The van der Waals surface area contributed by atoms with E-state index in [1.165, 1.54) is 30.3 Å². The van der Waals surface area contributed by atoms with Gasteiger partial charge in [-0.15, -0.1) is 10.2 Å². The summed E-state index contributed by atoms with van der Waals surface area (Å²) in [6, 6.07) is 18.3. The molecule has 5 N–H and O–H groups in total. The van der Waals surface area contributed by atoms with Crippen molar-refractivity contribution in [3.63, 3.8) is 0 Å². The van der Waals surface area contributed by atoms with Gasteiger partial charge in [0.05, 0.1) is 4.90 Å². The number of aromatic nitrogens is 5. The van der Waals surface area contributed by atoms with Crippen LogP contribution in [-0.2, 0) is 10.0 Å². The number of sulfonamides is 1. The molecule has 0 aliphatic rings. The van der Waals surface area contributed by atoms with Crippen molar-refractivity contribution in [2.45, 2.75) is 18.7 Å². The fourth-order valence-electron chi connectivity index (χ4n) is 4.02. The second kappa shape index (κ2) is 10.5. The van der Waals surface area contributed by atoms with Gasteiger partial charge in [0.1, 0.15) is 5.75 Å². The largest absolute Gasteiger partial charge is 0.507 e. The number of phenols is 1. The third kappa shape index (κ3) is 5.44. The highest BCUT2D eigenvalue weighted by atomic mass is 32.2. The Morgan fingerprint density at radius 2 is 1.62 bits per heavy atom. The van der Waals surface area contributed by atoms with Crippen molar-refractivity contribution in [1.82, 2.24) is 24.8 Å². The van der Waals surface area contributed by atoms with Crippen LogP contribution in [0.1, 0.15) is 22.6 Å². The molecular formula is C27H24N8O4S. The van der Waals surface area contributed by atoms with E-state index in [1.807, 2.05) is 24.3 Å². The maximum Gasteiger partial charge on any atom is 0.299 e. The number of hydrogen-bond donors (Lipinski definition) is 4. The number of anilines is 3. The van der Waals surface area contributed by atoms with E-state index in [4.69, 9.17) is 5.84 Å². The van der Waals surface area contributed by atoms with Gasteiger partial charge in [0.25, 0.3) is 15.6 Å². The lowest BCUT2D eigenvalue weighted by Gasteiger charge is -2.11. The van der Waals surface area contributed by atoms with Crippen LogP contribution in [0.5, 0.6) is 5.75 Å². The van der Waals surface area contributed by atoms with Gasteiger partial charge in [0.2, 0.25) is 11.9 Å². The number of nitrogens with one attached hydrogen (secondary N) is 2. The molecule has 0 unspecified atom stereocenters. The van der Waals surface area contributed by atoms with Crippen LogP contribution in [-0.4, -0.2) is 38.4 Å². The SMILES string of the molecule is Cc1cc(C)nc(NS(=O)(=O)c2ccc(Nc3nnc(/C=C/c4c(O)ccc5ccccc45)c(=O)n3N)cc2)n1. The average Bonchev–Trinajstić information content (AvgIpc) is 2.91. The van der Waals surface area contributed by atoms with Crippen LogP contribution < -0.4 is 21.4 Å². The molecule has 13 heteroatoms. The lowest BCUT2D eigenvalue weighted by molar-refractivity contribution is 0.475. The van der Waals surface area contributed by atoms with Crippen LogP contribution >= 0.6 is 0 Å². The Morgan fingerprint density at radius 3 is 2.35 bits per heavy atom.